The maximum absolute atomic E-state index is 13.5. The van der Waals surface area contributed by atoms with E-state index in [-0.39, 0.29) is 19.6 Å². The smallest absolute Gasteiger partial charge is 0.410 e. The third kappa shape index (κ3) is 3.54. The molecule has 2 aromatic carbocycles. The average Bonchev–Trinajstić information content (AvgIpc) is 2.98. The quantitative estimate of drug-likeness (QED) is 0.936. The Morgan fingerprint density at radius 2 is 1.92 bits per heavy atom. The van der Waals surface area contributed by atoms with Crippen LogP contribution in [0.15, 0.2) is 48.5 Å². The van der Waals surface area contributed by atoms with Crippen molar-refractivity contribution in [2.45, 2.75) is 25.2 Å². The van der Waals surface area contributed by atoms with E-state index in [9.17, 15) is 18.7 Å². The molecule has 1 fully saturated rings. The van der Waals surface area contributed by atoms with Crippen LogP contribution in [0.1, 0.15) is 23.6 Å². The number of hydrogen-bond donors (Lipinski definition) is 1. The van der Waals surface area contributed by atoms with Gasteiger partial charge >= 0.3 is 6.09 Å². The summed E-state index contributed by atoms with van der Waals surface area (Å²) >= 11 is 0. The normalized spacial score (nSPS) is 20.2. The summed E-state index contributed by atoms with van der Waals surface area (Å²) in [4.78, 5) is 13.7. The van der Waals surface area contributed by atoms with E-state index in [0.29, 0.717) is 5.56 Å². The number of rotatable bonds is 3. The van der Waals surface area contributed by atoms with E-state index < -0.39 is 29.9 Å². The first-order valence-corrected chi connectivity index (χ1v) is 7.65. The van der Waals surface area contributed by atoms with Crippen LogP contribution < -0.4 is 0 Å². The lowest BCUT2D eigenvalue weighted by Gasteiger charge is -2.24. The van der Waals surface area contributed by atoms with E-state index >= 15 is 0 Å². The summed E-state index contributed by atoms with van der Waals surface area (Å²) in [5.41, 5.74) is 1.28. The second-order valence-electron chi connectivity index (χ2n) is 5.77. The molecule has 3 rings (SSSR count). The van der Waals surface area contributed by atoms with Gasteiger partial charge in [-0.2, -0.15) is 0 Å². The van der Waals surface area contributed by atoms with Crippen molar-refractivity contribution in [1.82, 2.24) is 4.90 Å². The lowest BCUT2D eigenvalue weighted by Crippen LogP contribution is -2.32. The second kappa shape index (κ2) is 6.97. The van der Waals surface area contributed by atoms with Crippen LogP contribution in [0.2, 0.25) is 0 Å². The lowest BCUT2D eigenvalue weighted by atomic mass is 10.0. The van der Waals surface area contributed by atoms with Crippen molar-refractivity contribution in [3.05, 3.63) is 71.3 Å². The van der Waals surface area contributed by atoms with Crippen molar-refractivity contribution in [3.8, 4) is 0 Å². The largest absolute Gasteiger partial charge is 0.445 e. The minimum absolute atomic E-state index is 0.0945. The number of nitrogens with zero attached hydrogens (tertiary/aromatic N) is 1. The standard InChI is InChI=1S/C18H17F2NO3/c19-15-7-6-13(8-16(15)20)17-9-14(22)10-21(17)18(23)24-11-12-4-2-1-3-5-12/h1-8,14,17,22H,9-11H2. The van der Waals surface area contributed by atoms with Crippen LogP contribution in [0.3, 0.4) is 0 Å². The number of hydrogen-bond acceptors (Lipinski definition) is 3. The Hall–Kier alpha value is -2.47. The molecule has 0 aliphatic carbocycles. The van der Waals surface area contributed by atoms with Crippen molar-refractivity contribution in [1.29, 1.82) is 0 Å². The summed E-state index contributed by atoms with van der Waals surface area (Å²) in [6.45, 7) is 0.202. The topological polar surface area (TPSA) is 49.8 Å². The zero-order valence-corrected chi connectivity index (χ0v) is 12.9. The molecular formula is C18H17F2NO3. The molecule has 126 valence electrons. The Morgan fingerprint density at radius 1 is 1.17 bits per heavy atom. The van der Waals surface area contributed by atoms with E-state index in [1.807, 2.05) is 30.3 Å². The molecule has 0 saturated carbocycles. The van der Waals surface area contributed by atoms with Crippen LogP contribution in [0.5, 0.6) is 0 Å². The van der Waals surface area contributed by atoms with Gasteiger partial charge in [-0.1, -0.05) is 36.4 Å². The number of benzene rings is 2. The van der Waals surface area contributed by atoms with Gasteiger partial charge in [0.25, 0.3) is 0 Å². The highest BCUT2D eigenvalue weighted by atomic mass is 19.2. The predicted octanol–water partition coefficient (Wildman–Crippen LogP) is 3.41. The number of carbonyl (C=O) groups is 1. The molecule has 1 N–H and O–H groups in total. The number of aliphatic hydroxyl groups is 1. The molecule has 0 spiro atoms. The summed E-state index contributed by atoms with van der Waals surface area (Å²) < 4.78 is 31.8. The minimum atomic E-state index is -0.980. The molecule has 6 heteroatoms. The van der Waals surface area contributed by atoms with Crippen molar-refractivity contribution < 1.29 is 23.4 Å². The Morgan fingerprint density at radius 3 is 2.62 bits per heavy atom. The summed E-state index contributed by atoms with van der Waals surface area (Å²) in [6.07, 6.45) is -1.07. The average molecular weight is 333 g/mol. The van der Waals surface area contributed by atoms with Gasteiger partial charge < -0.3 is 9.84 Å². The monoisotopic (exact) mass is 333 g/mol. The number of aliphatic hydroxyl groups excluding tert-OH is 1. The molecule has 0 radical (unpaired) electrons. The number of likely N-dealkylation sites (tertiary alicyclic amines) is 1. The van der Waals surface area contributed by atoms with Gasteiger partial charge in [0.05, 0.1) is 18.7 Å². The van der Waals surface area contributed by atoms with Gasteiger partial charge in [-0.25, -0.2) is 13.6 Å². The fraction of sp³-hybridized carbons (Fsp3) is 0.278. The number of ether oxygens (including phenoxy) is 1. The van der Waals surface area contributed by atoms with Crippen LogP contribution >= 0.6 is 0 Å². The molecular weight excluding hydrogens is 316 g/mol. The number of β-amino-alcohol motifs (C(OH)–C–C–N with tert-alkyl or cyclic N) is 1. The van der Waals surface area contributed by atoms with E-state index in [1.54, 1.807) is 0 Å². The molecule has 1 aliphatic heterocycles. The summed E-state index contributed by atoms with van der Waals surface area (Å²) in [5, 5.41) is 9.87. The van der Waals surface area contributed by atoms with Gasteiger partial charge in [0, 0.05) is 0 Å². The number of amides is 1. The highest BCUT2D eigenvalue weighted by molar-refractivity contribution is 5.69. The fourth-order valence-corrected chi connectivity index (χ4v) is 2.85. The molecule has 24 heavy (non-hydrogen) atoms. The minimum Gasteiger partial charge on any atom is -0.445 e. The van der Waals surface area contributed by atoms with Crippen LogP contribution in [0, 0.1) is 11.6 Å². The van der Waals surface area contributed by atoms with Gasteiger partial charge in [0.2, 0.25) is 0 Å². The van der Waals surface area contributed by atoms with Gasteiger partial charge in [-0.05, 0) is 29.7 Å². The Kier molecular flexibility index (Phi) is 4.76. The maximum atomic E-state index is 13.5. The van der Waals surface area contributed by atoms with Crippen molar-refractivity contribution in [2.75, 3.05) is 6.54 Å². The van der Waals surface area contributed by atoms with Crippen LogP contribution in [0.4, 0.5) is 13.6 Å². The first-order valence-electron chi connectivity index (χ1n) is 7.65. The van der Waals surface area contributed by atoms with Gasteiger partial charge in [0.15, 0.2) is 11.6 Å². The molecule has 1 saturated heterocycles. The molecule has 4 nitrogen and oxygen atoms in total. The molecule has 2 aromatic rings. The Bertz CT molecular complexity index is 723. The zero-order valence-electron chi connectivity index (χ0n) is 12.9. The summed E-state index contributed by atoms with van der Waals surface area (Å²) in [7, 11) is 0. The van der Waals surface area contributed by atoms with Gasteiger partial charge in [-0.15, -0.1) is 0 Å². The van der Waals surface area contributed by atoms with E-state index in [0.717, 1.165) is 17.7 Å². The third-order valence-electron chi connectivity index (χ3n) is 4.05. The van der Waals surface area contributed by atoms with E-state index in [4.69, 9.17) is 4.74 Å². The first-order chi connectivity index (χ1) is 11.5. The van der Waals surface area contributed by atoms with Crippen molar-refractivity contribution in [2.24, 2.45) is 0 Å². The first kappa shape index (κ1) is 16.4. The van der Waals surface area contributed by atoms with Crippen molar-refractivity contribution >= 4 is 6.09 Å². The van der Waals surface area contributed by atoms with Crippen LogP contribution in [0.25, 0.3) is 0 Å². The highest BCUT2D eigenvalue weighted by Crippen LogP contribution is 2.33. The predicted molar refractivity (Wildman–Crippen MR) is 83.1 cm³/mol. The second-order valence-corrected chi connectivity index (χ2v) is 5.77. The van der Waals surface area contributed by atoms with Gasteiger partial charge in [0.1, 0.15) is 6.61 Å². The molecule has 2 unspecified atom stereocenters. The molecule has 0 aromatic heterocycles. The third-order valence-corrected chi connectivity index (χ3v) is 4.05. The fourth-order valence-electron chi connectivity index (χ4n) is 2.85. The Labute approximate surface area is 138 Å². The summed E-state index contributed by atoms with van der Waals surface area (Å²) in [6, 6.07) is 12.1. The lowest BCUT2D eigenvalue weighted by molar-refractivity contribution is 0.0876. The highest BCUT2D eigenvalue weighted by Gasteiger charge is 2.36. The molecule has 0 bridgehead atoms. The van der Waals surface area contributed by atoms with Crippen molar-refractivity contribution in [3.63, 3.8) is 0 Å². The van der Waals surface area contributed by atoms with Crippen LogP contribution in [-0.2, 0) is 11.3 Å². The zero-order chi connectivity index (χ0) is 17.1. The Balaban J connectivity index is 1.72. The molecule has 1 heterocycles. The molecule has 1 aliphatic rings. The molecule has 1 amide bonds. The SMILES string of the molecule is O=C(OCc1ccccc1)N1CC(O)CC1c1ccc(F)c(F)c1. The van der Waals surface area contributed by atoms with Gasteiger partial charge in [-0.3, -0.25) is 4.90 Å². The van der Waals surface area contributed by atoms with Crippen LogP contribution in [-0.4, -0.2) is 28.7 Å². The number of carbonyl (C=O) groups excluding carboxylic acids is 1. The molecule has 2 atom stereocenters. The number of halogens is 2. The van der Waals surface area contributed by atoms with E-state index in [2.05, 4.69) is 0 Å². The summed E-state index contributed by atoms with van der Waals surface area (Å²) in [5.74, 6) is -1.93. The van der Waals surface area contributed by atoms with E-state index in [1.165, 1.54) is 11.0 Å². The maximum Gasteiger partial charge on any atom is 0.410 e.